The number of unbranched alkanes of at least 4 members (excludes halogenated alkanes) is 7. The van der Waals surface area contributed by atoms with Gasteiger partial charge in [-0.3, -0.25) is 4.39 Å². The lowest BCUT2D eigenvalue weighted by atomic mass is 10.1. The van der Waals surface area contributed by atoms with Gasteiger partial charge in [0.15, 0.2) is 0 Å². The fraction of sp³-hybridized carbons (Fsp3) is 0.640. The smallest absolute Gasteiger partial charge is 0.333 e. The van der Waals surface area contributed by atoms with Crippen molar-refractivity contribution in [3.8, 4) is 0 Å². The van der Waals surface area contributed by atoms with E-state index >= 15 is 0 Å². The standard InChI is InChI=1S/C17H28O4.C8H13FO2/c1-14(2)16(18)20-12-10-8-6-5-7-9-11-13-21-17(19)15(3)4;1-7(2)8(10)11-6-4-3-5-9/h1,3,5-13H2,2,4H3;1,3-6H2,2H3. The van der Waals surface area contributed by atoms with Gasteiger partial charge in [-0.1, -0.05) is 51.8 Å². The normalized spacial score (nSPS) is 9.75. The molecular formula is C25H41FO6. The highest BCUT2D eigenvalue weighted by molar-refractivity contribution is 5.87. The molecule has 0 bridgehead atoms. The van der Waals surface area contributed by atoms with Crippen molar-refractivity contribution >= 4 is 17.9 Å². The summed E-state index contributed by atoms with van der Waals surface area (Å²) in [6.07, 6.45) is 8.38. The van der Waals surface area contributed by atoms with Gasteiger partial charge < -0.3 is 14.2 Å². The molecule has 0 spiro atoms. The van der Waals surface area contributed by atoms with Gasteiger partial charge in [-0.25, -0.2) is 14.4 Å². The Kier molecular flexibility index (Phi) is 21.6. The Balaban J connectivity index is 0. The Morgan fingerprint density at radius 1 is 0.531 bits per heavy atom. The maximum absolute atomic E-state index is 11.5. The predicted molar refractivity (Wildman–Crippen MR) is 125 cm³/mol. The number of carbonyl (C=O) groups excluding carboxylic acids is 3. The third kappa shape index (κ3) is 22.2. The van der Waals surface area contributed by atoms with Gasteiger partial charge in [-0.2, -0.15) is 0 Å². The molecule has 0 heterocycles. The summed E-state index contributed by atoms with van der Waals surface area (Å²) >= 11 is 0. The van der Waals surface area contributed by atoms with E-state index in [4.69, 9.17) is 14.2 Å². The molecule has 0 saturated carbocycles. The van der Waals surface area contributed by atoms with Gasteiger partial charge in [-0.05, 0) is 46.5 Å². The van der Waals surface area contributed by atoms with Gasteiger partial charge in [0.25, 0.3) is 0 Å². The van der Waals surface area contributed by atoms with Gasteiger partial charge in [0.1, 0.15) is 0 Å². The van der Waals surface area contributed by atoms with Gasteiger partial charge >= 0.3 is 17.9 Å². The molecule has 0 aromatic carbocycles. The monoisotopic (exact) mass is 456 g/mol. The number of alkyl halides is 1. The lowest BCUT2D eigenvalue weighted by Crippen LogP contribution is -2.06. The Bertz CT molecular complexity index is 563. The summed E-state index contributed by atoms with van der Waals surface area (Å²) in [5.41, 5.74) is 1.27. The largest absolute Gasteiger partial charge is 0.462 e. The molecule has 0 aliphatic carbocycles. The van der Waals surface area contributed by atoms with Crippen molar-refractivity contribution in [2.24, 2.45) is 0 Å². The Morgan fingerprint density at radius 2 is 0.781 bits per heavy atom. The van der Waals surface area contributed by atoms with E-state index in [-0.39, 0.29) is 25.2 Å². The van der Waals surface area contributed by atoms with Crippen LogP contribution < -0.4 is 0 Å². The first kappa shape index (κ1) is 31.7. The molecule has 7 heteroatoms. The van der Waals surface area contributed by atoms with E-state index in [1.165, 1.54) is 0 Å². The number of rotatable bonds is 17. The Hall–Kier alpha value is -2.44. The first-order chi connectivity index (χ1) is 15.1. The summed E-state index contributed by atoms with van der Waals surface area (Å²) in [5.74, 6) is -1.01. The summed E-state index contributed by atoms with van der Waals surface area (Å²) in [6, 6.07) is 0. The lowest BCUT2D eigenvalue weighted by molar-refractivity contribution is -0.139. The van der Waals surface area contributed by atoms with E-state index in [9.17, 15) is 18.8 Å². The maximum atomic E-state index is 11.5. The first-order valence-electron chi connectivity index (χ1n) is 11.2. The Morgan fingerprint density at radius 3 is 1.03 bits per heavy atom. The SMILES string of the molecule is C=C(C)C(=O)OCCCCCCCCCOC(=O)C(=C)C.C=C(C)C(=O)OCCCCF. The highest BCUT2D eigenvalue weighted by Gasteiger charge is 2.03. The second-order valence-corrected chi connectivity index (χ2v) is 7.62. The maximum Gasteiger partial charge on any atom is 0.333 e. The first-order valence-corrected chi connectivity index (χ1v) is 11.2. The molecule has 0 radical (unpaired) electrons. The number of hydrogen-bond donors (Lipinski definition) is 0. The molecule has 0 aliphatic rings. The number of hydrogen-bond acceptors (Lipinski definition) is 6. The third-order valence-corrected chi connectivity index (χ3v) is 4.06. The quantitative estimate of drug-likeness (QED) is 0.119. The molecule has 0 fully saturated rings. The van der Waals surface area contributed by atoms with Crippen LogP contribution in [0.15, 0.2) is 36.5 Å². The lowest BCUT2D eigenvalue weighted by Gasteiger charge is -2.05. The van der Waals surface area contributed by atoms with Crippen LogP contribution in [0.4, 0.5) is 4.39 Å². The van der Waals surface area contributed by atoms with Crippen molar-refractivity contribution in [3.63, 3.8) is 0 Å². The number of ether oxygens (including phenoxy) is 3. The van der Waals surface area contributed by atoms with Crippen LogP contribution >= 0.6 is 0 Å². The highest BCUT2D eigenvalue weighted by Crippen LogP contribution is 2.08. The van der Waals surface area contributed by atoms with Gasteiger partial charge in [0.05, 0.1) is 26.5 Å². The summed E-state index contributed by atoms with van der Waals surface area (Å²) in [5, 5.41) is 0. The van der Waals surface area contributed by atoms with Crippen LogP contribution in [0.2, 0.25) is 0 Å². The van der Waals surface area contributed by atoms with E-state index in [0.717, 1.165) is 44.9 Å². The summed E-state index contributed by atoms with van der Waals surface area (Å²) in [6.45, 7) is 16.2. The molecule has 0 unspecified atom stereocenters. The number of esters is 3. The van der Waals surface area contributed by atoms with Crippen LogP contribution in [0.3, 0.4) is 0 Å². The topological polar surface area (TPSA) is 78.9 Å². The third-order valence-electron chi connectivity index (χ3n) is 4.06. The van der Waals surface area contributed by atoms with E-state index in [1.54, 1.807) is 20.8 Å². The fourth-order valence-corrected chi connectivity index (χ4v) is 2.15. The summed E-state index contributed by atoms with van der Waals surface area (Å²) in [4.78, 5) is 32.9. The van der Waals surface area contributed by atoms with Crippen molar-refractivity contribution in [1.29, 1.82) is 0 Å². The predicted octanol–water partition coefficient (Wildman–Crippen LogP) is 5.81. The van der Waals surface area contributed by atoms with Gasteiger partial charge in [0, 0.05) is 16.7 Å². The van der Waals surface area contributed by atoms with Crippen LogP contribution in [-0.4, -0.2) is 44.4 Å². The molecule has 6 nitrogen and oxygen atoms in total. The van der Waals surface area contributed by atoms with Crippen LogP contribution in [0.1, 0.15) is 78.6 Å². The zero-order chi connectivity index (χ0) is 24.8. The number of halogens is 1. The van der Waals surface area contributed by atoms with Gasteiger partial charge in [-0.15, -0.1) is 0 Å². The molecule has 0 aromatic rings. The molecular weight excluding hydrogens is 415 g/mol. The molecule has 0 saturated heterocycles. The van der Waals surface area contributed by atoms with Crippen molar-refractivity contribution in [1.82, 2.24) is 0 Å². The number of carbonyl (C=O) groups is 3. The van der Waals surface area contributed by atoms with Crippen LogP contribution in [0, 0.1) is 0 Å². The van der Waals surface area contributed by atoms with Gasteiger partial charge in [0.2, 0.25) is 0 Å². The molecule has 184 valence electrons. The molecule has 0 amide bonds. The van der Waals surface area contributed by atoms with E-state index in [2.05, 4.69) is 19.7 Å². The molecule has 0 rings (SSSR count). The summed E-state index contributed by atoms with van der Waals surface area (Å²) in [7, 11) is 0. The van der Waals surface area contributed by atoms with Crippen molar-refractivity contribution in [2.75, 3.05) is 26.5 Å². The molecule has 0 atom stereocenters. The zero-order valence-electron chi connectivity index (χ0n) is 20.1. The van der Waals surface area contributed by atoms with Crippen LogP contribution in [0.5, 0.6) is 0 Å². The van der Waals surface area contributed by atoms with E-state index in [1.807, 2.05) is 0 Å². The second kappa shape index (κ2) is 21.8. The van der Waals surface area contributed by atoms with Crippen molar-refractivity contribution < 1.29 is 33.0 Å². The minimum absolute atomic E-state index is 0.287. The average molecular weight is 457 g/mol. The molecule has 32 heavy (non-hydrogen) atoms. The molecule has 0 aromatic heterocycles. The fourth-order valence-electron chi connectivity index (χ4n) is 2.15. The minimum Gasteiger partial charge on any atom is -0.462 e. The Labute approximate surface area is 192 Å². The van der Waals surface area contributed by atoms with Crippen molar-refractivity contribution in [3.05, 3.63) is 36.5 Å². The van der Waals surface area contributed by atoms with E-state index in [0.29, 0.717) is 42.8 Å². The molecule has 0 N–H and O–H groups in total. The highest BCUT2D eigenvalue weighted by atomic mass is 19.1. The van der Waals surface area contributed by atoms with Crippen LogP contribution in [0.25, 0.3) is 0 Å². The second-order valence-electron chi connectivity index (χ2n) is 7.62. The van der Waals surface area contributed by atoms with Crippen molar-refractivity contribution in [2.45, 2.75) is 78.6 Å². The molecule has 0 aliphatic heterocycles. The van der Waals surface area contributed by atoms with Crippen LogP contribution in [-0.2, 0) is 28.6 Å². The average Bonchev–Trinajstić information content (AvgIpc) is 2.74. The minimum atomic E-state index is -0.399. The zero-order valence-corrected chi connectivity index (χ0v) is 20.1. The van der Waals surface area contributed by atoms with E-state index < -0.39 is 5.97 Å². The summed E-state index contributed by atoms with van der Waals surface area (Å²) < 4.78 is 26.2.